The van der Waals surface area contributed by atoms with Gasteiger partial charge in [0.05, 0.1) is 12.8 Å². The van der Waals surface area contributed by atoms with Crippen LogP contribution in [0, 0.1) is 13.8 Å². The molecule has 0 heterocycles. The zero-order valence-electron chi connectivity index (χ0n) is 12.9. The smallest absolute Gasteiger partial charge is 0.259 e. The van der Waals surface area contributed by atoms with Crippen LogP contribution < -0.4 is 10.7 Å². The molecule has 0 spiro atoms. The second-order valence-corrected chi connectivity index (χ2v) is 6.08. The summed E-state index contributed by atoms with van der Waals surface area (Å²) in [5.74, 6) is -0.171. The van der Waals surface area contributed by atoms with Crippen molar-refractivity contribution >= 4 is 33.7 Å². The van der Waals surface area contributed by atoms with Gasteiger partial charge in [0.15, 0.2) is 0 Å². The van der Waals surface area contributed by atoms with Crippen molar-refractivity contribution in [3.63, 3.8) is 0 Å². The first kappa shape index (κ1) is 17.0. The van der Waals surface area contributed by atoms with Gasteiger partial charge in [0.2, 0.25) is 0 Å². The van der Waals surface area contributed by atoms with E-state index in [0.717, 1.165) is 15.7 Å². The van der Waals surface area contributed by atoms with Gasteiger partial charge in [0, 0.05) is 15.7 Å². The van der Waals surface area contributed by atoms with Crippen LogP contribution in [0.4, 0.5) is 5.69 Å². The number of aromatic hydroxyl groups is 1. The standard InChI is InChI=1S/C17H18BrN3O2/c1-11-3-5-15(12(2)7-11)19-10-17(23)21-20-9-13-8-14(18)4-6-16(13)22/h3-9,19,22H,10H2,1-2H3,(H,21,23)/b20-9+. The quantitative estimate of drug-likeness (QED) is 0.554. The van der Waals surface area contributed by atoms with E-state index in [-0.39, 0.29) is 18.2 Å². The highest BCUT2D eigenvalue weighted by Gasteiger charge is 2.03. The van der Waals surface area contributed by atoms with E-state index < -0.39 is 0 Å². The van der Waals surface area contributed by atoms with Crippen molar-refractivity contribution in [2.24, 2.45) is 5.10 Å². The maximum absolute atomic E-state index is 11.8. The Labute approximate surface area is 143 Å². The monoisotopic (exact) mass is 375 g/mol. The predicted molar refractivity (Wildman–Crippen MR) is 95.9 cm³/mol. The second-order valence-electron chi connectivity index (χ2n) is 5.17. The molecule has 0 saturated carbocycles. The molecule has 0 aliphatic rings. The molecule has 0 aromatic heterocycles. The average Bonchev–Trinajstić information content (AvgIpc) is 2.50. The van der Waals surface area contributed by atoms with Gasteiger partial charge in [-0.2, -0.15) is 5.10 Å². The minimum absolute atomic E-state index is 0.0969. The largest absolute Gasteiger partial charge is 0.507 e. The van der Waals surface area contributed by atoms with Gasteiger partial charge in [-0.25, -0.2) is 5.43 Å². The van der Waals surface area contributed by atoms with Gasteiger partial charge in [-0.3, -0.25) is 4.79 Å². The maximum Gasteiger partial charge on any atom is 0.259 e. The van der Waals surface area contributed by atoms with Gasteiger partial charge in [0.1, 0.15) is 5.75 Å². The van der Waals surface area contributed by atoms with E-state index in [4.69, 9.17) is 0 Å². The maximum atomic E-state index is 11.8. The zero-order chi connectivity index (χ0) is 16.8. The molecule has 0 saturated heterocycles. The first-order valence-electron chi connectivity index (χ1n) is 7.07. The van der Waals surface area contributed by atoms with Crippen LogP contribution in [0.5, 0.6) is 5.75 Å². The molecular formula is C17H18BrN3O2. The molecule has 23 heavy (non-hydrogen) atoms. The summed E-state index contributed by atoms with van der Waals surface area (Å²) >= 11 is 3.31. The van der Waals surface area contributed by atoms with Crippen molar-refractivity contribution in [2.45, 2.75) is 13.8 Å². The molecule has 0 bridgehead atoms. The summed E-state index contributed by atoms with van der Waals surface area (Å²) in [5.41, 5.74) is 6.11. The van der Waals surface area contributed by atoms with Crippen LogP contribution in [-0.2, 0) is 4.79 Å². The number of nitrogens with zero attached hydrogens (tertiary/aromatic N) is 1. The third-order valence-electron chi connectivity index (χ3n) is 3.20. The summed E-state index contributed by atoms with van der Waals surface area (Å²) in [6.07, 6.45) is 1.40. The van der Waals surface area contributed by atoms with Gasteiger partial charge in [0.25, 0.3) is 5.91 Å². The second kappa shape index (κ2) is 7.78. The Bertz CT molecular complexity index is 745. The predicted octanol–water partition coefficient (Wildman–Crippen LogP) is 3.33. The number of carbonyl (C=O) groups excluding carboxylic acids is 1. The lowest BCUT2D eigenvalue weighted by molar-refractivity contribution is -0.119. The molecule has 2 rings (SSSR count). The molecule has 5 nitrogen and oxygen atoms in total. The van der Waals surface area contributed by atoms with Gasteiger partial charge < -0.3 is 10.4 Å². The van der Waals surface area contributed by atoms with Crippen LogP contribution in [0.3, 0.4) is 0 Å². The molecule has 2 aromatic carbocycles. The van der Waals surface area contributed by atoms with Crippen molar-refractivity contribution in [2.75, 3.05) is 11.9 Å². The van der Waals surface area contributed by atoms with Crippen molar-refractivity contribution in [3.05, 3.63) is 57.6 Å². The fourth-order valence-corrected chi connectivity index (χ4v) is 2.41. The van der Waals surface area contributed by atoms with E-state index in [1.54, 1.807) is 18.2 Å². The van der Waals surface area contributed by atoms with Gasteiger partial charge in [-0.1, -0.05) is 33.6 Å². The Kier molecular flexibility index (Phi) is 5.76. The zero-order valence-corrected chi connectivity index (χ0v) is 14.5. The molecule has 2 aromatic rings. The number of rotatable bonds is 5. The number of anilines is 1. The number of aryl methyl sites for hydroxylation is 2. The molecule has 0 unspecified atom stereocenters. The van der Waals surface area contributed by atoms with Crippen molar-refractivity contribution in [1.29, 1.82) is 0 Å². The van der Waals surface area contributed by atoms with Crippen molar-refractivity contribution in [3.8, 4) is 5.75 Å². The first-order valence-corrected chi connectivity index (χ1v) is 7.86. The summed E-state index contributed by atoms with van der Waals surface area (Å²) < 4.78 is 0.819. The van der Waals surface area contributed by atoms with E-state index >= 15 is 0 Å². The van der Waals surface area contributed by atoms with Gasteiger partial charge in [-0.15, -0.1) is 0 Å². The molecule has 6 heteroatoms. The van der Waals surface area contributed by atoms with Gasteiger partial charge >= 0.3 is 0 Å². The molecule has 3 N–H and O–H groups in total. The third-order valence-corrected chi connectivity index (χ3v) is 3.70. The summed E-state index contributed by atoms with van der Waals surface area (Å²) in [7, 11) is 0. The van der Waals surface area contributed by atoms with Crippen LogP contribution >= 0.6 is 15.9 Å². The number of amides is 1. The number of hydrazone groups is 1. The van der Waals surface area contributed by atoms with Crippen LogP contribution in [0.15, 0.2) is 46.0 Å². The Morgan fingerprint density at radius 3 is 2.78 bits per heavy atom. The molecule has 120 valence electrons. The molecule has 1 amide bonds. The number of carbonyl (C=O) groups is 1. The Hall–Kier alpha value is -2.34. The number of hydrogen-bond acceptors (Lipinski definition) is 4. The molecular weight excluding hydrogens is 358 g/mol. The number of phenols is 1. The molecule has 0 fully saturated rings. The summed E-state index contributed by atoms with van der Waals surface area (Å²) in [4.78, 5) is 11.8. The summed E-state index contributed by atoms with van der Waals surface area (Å²) in [6.45, 7) is 4.13. The Balaban J connectivity index is 1.87. The summed E-state index contributed by atoms with van der Waals surface area (Å²) in [5, 5.41) is 16.6. The van der Waals surface area contributed by atoms with Crippen LogP contribution in [0.25, 0.3) is 0 Å². The van der Waals surface area contributed by atoms with Crippen molar-refractivity contribution in [1.82, 2.24) is 5.43 Å². The normalized spacial score (nSPS) is 10.7. The fraction of sp³-hybridized carbons (Fsp3) is 0.176. The third kappa shape index (κ3) is 5.10. The Morgan fingerprint density at radius 1 is 1.26 bits per heavy atom. The Morgan fingerprint density at radius 2 is 2.04 bits per heavy atom. The number of phenolic OH excluding ortho intramolecular Hbond substituents is 1. The van der Waals surface area contributed by atoms with Crippen LogP contribution in [0.1, 0.15) is 16.7 Å². The lowest BCUT2D eigenvalue weighted by Gasteiger charge is -2.09. The van der Waals surface area contributed by atoms with E-state index in [9.17, 15) is 9.90 Å². The lowest BCUT2D eigenvalue weighted by Crippen LogP contribution is -2.26. The first-order chi connectivity index (χ1) is 11.0. The average molecular weight is 376 g/mol. The molecule has 0 aliphatic carbocycles. The van der Waals surface area contributed by atoms with E-state index in [1.807, 2.05) is 26.0 Å². The number of benzene rings is 2. The highest BCUT2D eigenvalue weighted by atomic mass is 79.9. The van der Waals surface area contributed by atoms with Crippen LogP contribution in [-0.4, -0.2) is 23.8 Å². The topological polar surface area (TPSA) is 73.7 Å². The van der Waals surface area contributed by atoms with Crippen molar-refractivity contribution < 1.29 is 9.90 Å². The lowest BCUT2D eigenvalue weighted by atomic mass is 10.1. The number of halogens is 1. The highest BCUT2D eigenvalue weighted by molar-refractivity contribution is 9.10. The van der Waals surface area contributed by atoms with Crippen LogP contribution in [0.2, 0.25) is 0 Å². The SMILES string of the molecule is Cc1ccc(NCC(=O)N/N=C/c2cc(Br)ccc2O)c(C)c1. The number of hydrogen-bond donors (Lipinski definition) is 3. The van der Waals surface area contributed by atoms with E-state index in [2.05, 4.69) is 37.8 Å². The molecule has 0 aliphatic heterocycles. The number of nitrogens with one attached hydrogen (secondary N) is 2. The van der Waals surface area contributed by atoms with E-state index in [0.29, 0.717) is 5.56 Å². The highest BCUT2D eigenvalue weighted by Crippen LogP contribution is 2.20. The van der Waals surface area contributed by atoms with Gasteiger partial charge in [-0.05, 0) is 43.7 Å². The minimum Gasteiger partial charge on any atom is -0.507 e. The fourth-order valence-electron chi connectivity index (χ4n) is 2.03. The molecule has 0 radical (unpaired) electrons. The summed E-state index contributed by atoms with van der Waals surface area (Å²) in [6, 6.07) is 11.0. The molecule has 0 atom stereocenters. The van der Waals surface area contributed by atoms with E-state index in [1.165, 1.54) is 11.8 Å². The minimum atomic E-state index is -0.268.